The van der Waals surface area contributed by atoms with Gasteiger partial charge in [-0.1, -0.05) is 0 Å². The fourth-order valence-electron chi connectivity index (χ4n) is 0.939. The minimum absolute atomic E-state index is 0.250. The Bertz CT molecular complexity index is 388. The normalized spacial score (nSPS) is 26.3. The molecule has 6 nitrogen and oxygen atoms in total. The van der Waals surface area contributed by atoms with Crippen molar-refractivity contribution < 1.29 is 8.42 Å². The van der Waals surface area contributed by atoms with Crippen molar-refractivity contribution >= 4 is 21.9 Å². The lowest BCUT2D eigenvalue weighted by Crippen LogP contribution is -2.27. The monoisotopic (exact) mass is 218 g/mol. The summed E-state index contributed by atoms with van der Waals surface area (Å²) < 4.78 is 26.7. The average Bonchev–Trinajstić information content (AvgIpc) is 2.21. The molecule has 1 aliphatic heterocycles. The summed E-state index contributed by atoms with van der Waals surface area (Å²) in [5.41, 5.74) is -0.347. The molecule has 1 rings (SSSR count). The molecule has 0 spiro atoms. The van der Waals surface area contributed by atoms with Gasteiger partial charge in [0.2, 0.25) is 0 Å². The molecule has 0 radical (unpaired) electrons. The van der Waals surface area contributed by atoms with Crippen LogP contribution in [-0.2, 0) is 10.2 Å². The second-order valence-electron chi connectivity index (χ2n) is 3.91. The lowest BCUT2D eigenvalue weighted by molar-refractivity contribution is 0.581. The standard InChI is InChI=1S/C7H14N4O2S/c1-7(2,3)9-6-5(8-4)10-14(12,13)11-6/h1-4H3,(H,8,10)(H,9,11). The Morgan fingerprint density at radius 3 is 2.07 bits per heavy atom. The number of rotatable bonds is 0. The largest absolute Gasteiger partial charge is 0.324 e. The summed E-state index contributed by atoms with van der Waals surface area (Å²) in [6, 6.07) is 0. The van der Waals surface area contributed by atoms with Gasteiger partial charge in [-0.2, -0.15) is 8.42 Å². The van der Waals surface area contributed by atoms with Crippen LogP contribution in [-0.4, -0.2) is 32.7 Å². The van der Waals surface area contributed by atoms with Crippen LogP contribution >= 0.6 is 0 Å². The van der Waals surface area contributed by atoms with Crippen LogP contribution in [0, 0.1) is 0 Å². The maximum Gasteiger partial charge on any atom is 0.324 e. The first-order valence-electron chi connectivity index (χ1n) is 4.11. The van der Waals surface area contributed by atoms with Gasteiger partial charge in [-0.25, -0.2) is 9.44 Å². The molecule has 2 N–H and O–H groups in total. The fourth-order valence-corrected chi connectivity index (χ4v) is 1.83. The molecule has 14 heavy (non-hydrogen) atoms. The number of hydrogen-bond acceptors (Lipinski definition) is 4. The van der Waals surface area contributed by atoms with Crippen molar-refractivity contribution in [2.45, 2.75) is 26.3 Å². The van der Waals surface area contributed by atoms with Crippen molar-refractivity contribution in [1.29, 1.82) is 0 Å². The third kappa shape index (κ3) is 2.69. The minimum atomic E-state index is -3.49. The van der Waals surface area contributed by atoms with Gasteiger partial charge in [0.1, 0.15) is 0 Å². The van der Waals surface area contributed by atoms with E-state index in [1.165, 1.54) is 7.05 Å². The zero-order valence-corrected chi connectivity index (χ0v) is 9.44. The first kappa shape index (κ1) is 11.0. The number of nitrogens with zero attached hydrogens (tertiary/aromatic N) is 2. The van der Waals surface area contributed by atoms with E-state index in [1.807, 2.05) is 20.8 Å². The molecule has 1 heterocycles. The minimum Gasteiger partial charge on any atom is -0.268 e. The van der Waals surface area contributed by atoms with E-state index in [0.717, 1.165) is 0 Å². The summed E-state index contributed by atoms with van der Waals surface area (Å²) in [6.45, 7) is 5.62. The SMILES string of the molecule is CN=C1NS(=O)(=O)NC1=NC(C)(C)C. The zero-order valence-electron chi connectivity index (χ0n) is 8.62. The molecule has 0 aromatic rings. The third-order valence-electron chi connectivity index (χ3n) is 1.36. The van der Waals surface area contributed by atoms with Gasteiger partial charge in [0.05, 0.1) is 5.54 Å². The van der Waals surface area contributed by atoms with Crippen molar-refractivity contribution in [1.82, 2.24) is 9.44 Å². The third-order valence-corrected chi connectivity index (χ3v) is 2.28. The van der Waals surface area contributed by atoms with Gasteiger partial charge < -0.3 is 0 Å². The van der Waals surface area contributed by atoms with Crippen molar-refractivity contribution in [3.8, 4) is 0 Å². The van der Waals surface area contributed by atoms with E-state index in [1.54, 1.807) is 0 Å². The molecule has 1 fully saturated rings. The second kappa shape index (κ2) is 3.23. The molecule has 0 bridgehead atoms. The maximum absolute atomic E-state index is 11.1. The van der Waals surface area contributed by atoms with E-state index in [2.05, 4.69) is 19.4 Å². The molecule has 80 valence electrons. The highest BCUT2D eigenvalue weighted by molar-refractivity contribution is 7.89. The molecule has 0 aromatic heterocycles. The molecule has 7 heteroatoms. The lowest BCUT2D eigenvalue weighted by Gasteiger charge is -2.12. The predicted octanol–water partition coefficient (Wildman–Crippen LogP) is -0.351. The Morgan fingerprint density at radius 1 is 1.14 bits per heavy atom. The molecule has 0 saturated carbocycles. The Morgan fingerprint density at radius 2 is 1.64 bits per heavy atom. The van der Waals surface area contributed by atoms with Crippen LogP contribution < -0.4 is 9.44 Å². The van der Waals surface area contributed by atoms with E-state index >= 15 is 0 Å². The van der Waals surface area contributed by atoms with Crippen LogP contribution in [0.25, 0.3) is 0 Å². The molecule has 0 aliphatic carbocycles. The summed E-state index contributed by atoms with van der Waals surface area (Å²) in [5, 5.41) is 0. The molecule has 0 atom stereocenters. The number of nitrogens with one attached hydrogen (secondary N) is 2. The Labute approximate surface area is 83.7 Å². The first-order valence-corrected chi connectivity index (χ1v) is 5.59. The second-order valence-corrected chi connectivity index (χ2v) is 5.33. The van der Waals surface area contributed by atoms with Crippen molar-refractivity contribution in [3.05, 3.63) is 0 Å². The Kier molecular flexibility index (Phi) is 2.53. The predicted molar refractivity (Wildman–Crippen MR) is 55.7 cm³/mol. The Balaban J connectivity index is 3.09. The van der Waals surface area contributed by atoms with Gasteiger partial charge in [-0.3, -0.25) is 9.98 Å². The van der Waals surface area contributed by atoms with Gasteiger partial charge in [0.15, 0.2) is 11.7 Å². The van der Waals surface area contributed by atoms with E-state index < -0.39 is 10.2 Å². The molecule has 0 aromatic carbocycles. The molecule has 0 amide bonds. The van der Waals surface area contributed by atoms with Crippen LogP contribution in [0.5, 0.6) is 0 Å². The fraction of sp³-hybridized carbons (Fsp3) is 0.714. The molecule has 1 saturated heterocycles. The highest BCUT2D eigenvalue weighted by Gasteiger charge is 2.29. The zero-order chi connectivity index (χ0) is 11.0. The molecule has 0 unspecified atom stereocenters. The number of amidine groups is 2. The van der Waals surface area contributed by atoms with E-state index in [9.17, 15) is 8.42 Å². The highest BCUT2D eigenvalue weighted by Crippen LogP contribution is 2.08. The Hall–Kier alpha value is -1.11. The summed E-state index contributed by atoms with van der Waals surface area (Å²) >= 11 is 0. The quantitative estimate of drug-likeness (QED) is 0.582. The number of aliphatic imine (C=N–C) groups is 2. The molecule has 1 aliphatic rings. The smallest absolute Gasteiger partial charge is 0.268 e. The van der Waals surface area contributed by atoms with Crippen molar-refractivity contribution in [2.24, 2.45) is 9.98 Å². The topological polar surface area (TPSA) is 82.9 Å². The summed E-state index contributed by atoms with van der Waals surface area (Å²) in [7, 11) is -1.99. The summed E-state index contributed by atoms with van der Waals surface area (Å²) in [5.74, 6) is 0.514. The van der Waals surface area contributed by atoms with E-state index in [0.29, 0.717) is 0 Å². The average molecular weight is 218 g/mol. The summed E-state index contributed by atoms with van der Waals surface area (Å²) in [4.78, 5) is 7.97. The van der Waals surface area contributed by atoms with Crippen LogP contribution in [0.4, 0.5) is 0 Å². The van der Waals surface area contributed by atoms with Gasteiger partial charge in [-0.15, -0.1) is 0 Å². The lowest BCUT2D eigenvalue weighted by atomic mass is 10.1. The van der Waals surface area contributed by atoms with E-state index in [4.69, 9.17) is 0 Å². The molecular formula is C7H14N4O2S. The van der Waals surface area contributed by atoms with Crippen LogP contribution in [0.3, 0.4) is 0 Å². The van der Waals surface area contributed by atoms with Gasteiger partial charge in [0.25, 0.3) is 0 Å². The van der Waals surface area contributed by atoms with Crippen molar-refractivity contribution in [2.75, 3.05) is 7.05 Å². The van der Waals surface area contributed by atoms with Crippen molar-refractivity contribution in [3.63, 3.8) is 0 Å². The van der Waals surface area contributed by atoms with E-state index in [-0.39, 0.29) is 17.2 Å². The first-order chi connectivity index (χ1) is 6.23. The van der Waals surface area contributed by atoms with Crippen LogP contribution in [0.2, 0.25) is 0 Å². The van der Waals surface area contributed by atoms with Gasteiger partial charge in [0, 0.05) is 7.05 Å². The number of hydrogen-bond donors (Lipinski definition) is 2. The highest BCUT2D eigenvalue weighted by atomic mass is 32.2. The molecular weight excluding hydrogens is 204 g/mol. The maximum atomic E-state index is 11.1. The van der Waals surface area contributed by atoms with Crippen LogP contribution in [0.15, 0.2) is 9.98 Å². The summed E-state index contributed by atoms with van der Waals surface area (Å²) in [6.07, 6.45) is 0. The van der Waals surface area contributed by atoms with Gasteiger partial charge >= 0.3 is 10.2 Å². The van der Waals surface area contributed by atoms with Crippen LogP contribution in [0.1, 0.15) is 20.8 Å². The van der Waals surface area contributed by atoms with Gasteiger partial charge in [-0.05, 0) is 20.8 Å².